The summed E-state index contributed by atoms with van der Waals surface area (Å²) in [7, 11) is 0. The molecule has 2 N–H and O–H groups in total. The van der Waals surface area contributed by atoms with Gasteiger partial charge in [0.25, 0.3) is 0 Å². The van der Waals surface area contributed by atoms with Crippen LogP contribution in [0.3, 0.4) is 0 Å². The molecule has 0 aromatic carbocycles. The van der Waals surface area contributed by atoms with Gasteiger partial charge in [-0.1, -0.05) is 128 Å². The van der Waals surface area contributed by atoms with Crippen LogP contribution in [0, 0.1) is 40.4 Å². The van der Waals surface area contributed by atoms with E-state index in [9.17, 15) is 10.2 Å². The Labute approximate surface area is 261 Å². The first kappa shape index (κ1) is 36.8. The van der Waals surface area contributed by atoms with E-state index in [2.05, 4.69) is 106 Å². The van der Waals surface area contributed by atoms with Crippen LogP contribution in [0.4, 0.5) is 0 Å². The molecule has 0 aliphatic heterocycles. The molecule has 0 spiro atoms. The maximum Gasteiger partial charge on any atom is 0.0729 e. The SMILES string of the molecule is CC1=C[C@H](O)CC(C)(C)[C@H]1/C=C/C(C)CCCC(C)CC/C=C/C(C)CCCC(C)/C=C/C1=C(C)C[C@H](O)CC1(C)C. The fourth-order valence-corrected chi connectivity index (χ4v) is 7.59. The third-order valence-electron chi connectivity index (χ3n) is 10.2. The van der Waals surface area contributed by atoms with Gasteiger partial charge in [0.2, 0.25) is 0 Å². The van der Waals surface area contributed by atoms with Crippen LogP contribution in [-0.2, 0) is 0 Å². The molecule has 2 rings (SSSR count). The molecule has 4 unspecified atom stereocenters. The molecule has 0 amide bonds. The average Bonchev–Trinajstić information content (AvgIpc) is 2.84. The molecule has 0 aromatic rings. The third kappa shape index (κ3) is 12.7. The molecular weight excluding hydrogens is 512 g/mol. The second-order valence-corrected chi connectivity index (χ2v) is 15.9. The van der Waals surface area contributed by atoms with Crippen molar-refractivity contribution in [2.24, 2.45) is 40.4 Å². The van der Waals surface area contributed by atoms with Crippen LogP contribution in [0.25, 0.3) is 0 Å². The van der Waals surface area contributed by atoms with Gasteiger partial charge in [0.1, 0.15) is 0 Å². The molecule has 240 valence electrons. The van der Waals surface area contributed by atoms with Gasteiger partial charge < -0.3 is 10.2 Å². The lowest BCUT2D eigenvalue weighted by Crippen LogP contribution is -2.32. The summed E-state index contributed by atoms with van der Waals surface area (Å²) in [6.07, 6.45) is 28.8. The number of aliphatic hydroxyl groups excluding tert-OH is 2. The van der Waals surface area contributed by atoms with Gasteiger partial charge in [-0.05, 0) is 105 Å². The fraction of sp³-hybridized carbons (Fsp3) is 0.750. The Bertz CT molecular complexity index is 958. The lowest BCUT2D eigenvalue weighted by Gasteiger charge is -2.39. The van der Waals surface area contributed by atoms with Crippen molar-refractivity contribution in [3.05, 3.63) is 59.3 Å². The second-order valence-electron chi connectivity index (χ2n) is 15.9. The number of allylic oxidation sites excluding steroid dienone is 8. The van der Waals surface area contributed by atoms with E-state index >= 15 is 0 Å². The van der Waals surface area contributed by atoms with Crippen molar-refractivity contribution in [2.75, 3.05) is 0 Å². The maximum absolute atomic E-state index is 10.1. The van der Waals surface area contributed by atoms with Crippen LogP contribution in [-0.4, -0.2) is 22.4 Å². The minimum absolute atomic E-state index is 0.0697. The molecular formula is C40H68O2. The van der Waals surface area contributed by atoms with Crippen molar-refractivity contribution >= 4 is 0 Å². The molecule has 7 atom stereocenters. The first-order valence-corrected chi connectivity index (χ1v) is 17.4. The number of aliphatic hydroxyl groups is 2. The Hall–Kier alpha value is -1.38. The molecule has 0 heterocycles. The zero-order valence-electron chi connectivity index (χ0n) is 29.3. The van der Waals surface area contributed by atoms with Gasteiger partial charge >= 0.3 is 0 Å². The highest BCUT2D eigenvalue weighted by Crippen LogP contribution is 2.42. The van der Waals surface area contributed by atoms with E-state index in [0.29, 0.717) is 23.7 Å². The molecule has 2 aliphatic rings. The molecule has 0 bridgehead atoms. The monoisotopic (exact) mass is 581 g/mol. The largest absolute Gasteiger partial charge is 0.393 e. The number of hydrogen-bond acceptors (Lipinski definition) is 2. The number of hydrogen-bond donors (Lipinski definition) is 2. The van der Waals surface area contributed by atoms with Gasteiger partial charge in [-0.15, -0.1) is 0 Å². The van der Waals surface area contributed by atoms with Crippen LogP contribution in [0.1, 0.15) is 140 Å². The molecule has 2 aliphatic carbocycles. The molecule has 0 saturated carbocycles. The van der Waals surface area contributed by atoms with Gasteiger partial charge in [-0.2, -0.15) is 0 Å². The van der Waals surface area contributed by atoms with Crippen molar-refractivity contribution < 1.29 is 10.2 Å². The van der Waals surface area contributed by atoms with E-state index in [1.54, 1.807) is 0 Å². The maximum atomic E-state index is 10.1. The van der Waals surface area contributed by atoms with Gasteiger partial charge in [-0.25, -0.2) is 0 Å². The van der Waals surface area contributed by atoms with Crippen LogP contribution in [0.5, 0.6) is 0 Å². The van der Waals surface area contributed by atoms with E-state index in [4.69, 9.17) is 0 Å². The summed E-state index contributed by atoms with van der Waals surface area (Å²) in [6.45, 7) is 23.0. The highest BCUT2D eigenvalue weighted by atomic mass is 16.3. The summed E-state index contributed by atoms with van der Waals surface area (Å²) in [5.74, 6) is 3.09. The lowest BCUT2D eigenvalue weighted by atomic mass is 9.67. The number of rotatable bonds is 16. The summed E-state index contributed by atoms with van der Waals surface area (Å²) in [5.41, 5.74) is 4.30. The minimum Gasteiger partial charge on any atom is -0.393 e. The first-order chi connectivity index (χ1) is 19.6. The zero-order chi connectivity index (χ0) is 31.5. The zero-order valence-corrected chi connectivity index (χ0v) is 29.3. The Balaban J connectivity index is 1.60. The molecule has 2 nitrogen and oxygen atoms in total. The van der Waals surface area contributed by atoms with E-state index in [-0.39, 0.29) is 23.0 Å². The predicted molar refractivity (Wildman–Crippen MR) is 184 cm³/mol. The highest BCUT2D eigenvalue weighted by molar-refractivity contribution is 5.33. The smallest absolute Gasteiger partial charge is 0.0729 e. The van der Waals surface area contributed by atoms with Gasteiger partial charge in [0, 0.05) is 5.92 Å². The normalized spacial score (nSPS) is 27.5. The lowest BCUT2D eigenvalue weighted by molar-refractivity contribution is 0.116. The van der Waals surface area contributed by atoms with E-state index in [1.807, 2.05) is 6.08 Å². The Kier molecular flexibility index (Phi) is 15.1. The average molecular weight is 581 g/mol. The molecule has 0 aromatic heterocycles. The molecule has 0 radical (unpaired) electrons. The quantitative estimate of drug-likeness (QED) is 0.178. The Morgan fingerprint density at radius 3 is 2.02 bits per heavy atom. The van der Waals surface area contributed by atoms with E-state index < -0.39 is 0 Å². The molecule has 0 fully saturated rings. The van der Waals surface area contributed by atoms with Crippen molar-refractivity contribution in [3.8, 4) is 0 Å². The predicted octanol–water partition coefficient (Wildman–Crippen LogP) is 11.2. The minimum atomic E-state index is -0.289. The summed E-state index contributed by atoms with van der Waals surface area (Å²) >= 11 is 0. The van der Waals surface area contributed by atoms with Crippen LogP contribution < -0.4 is 0 Å². The van der Waals surface area contributed by atoms with Crippen LogP contribution in [0.15, 0.2) is 59.3 Å². The summed E-state index contributed by atoms with van der Waals surface area (Å²) in [4.78, 5) is 0. The first-order valence-electron chi connectivity index (χ1n) is 17.4. The van der Waals surface area contributed by atoms with Gasteiger partial charge in [0.05, 0.1) is 12.2 Å². The van der Waals surface area contributed by atoms with Gasteiger partial charge in [0.15, 0.2) is 0 Å². The van der Waals surface area contributed by atoms with E-state index in [0.717, 1.165) is 25.2 Å². The van der Waals surface area contributed by atoms with Crippen LogP contribution in [0.2, 0.25) is 0 Å². The Morgan fingerprint density at radius 1 is 0.810 bits per heavy atom. The van der Waals surface area contributed by atoms with Crippen molar-refractivity contribution in [2.45, 2.75) is 152 Å². The fourth-order valence-electron chi connectivity index (χ4n) is 7.59. The van der Waals surface area contributed by atoms with Crippen molar-refractivity contribution in [1.82, 2.24) is 0 Å². The van der Waals surface area contributed by atoms with Crippen LogP contribution >= 0.6 is 0 Å². The van der Waals surface area contributed by atoms with Gasteiger partial charge in [-0.3, -0.25) is 0 Å². The highest BCUT2D eigenvalue weighted by Gasteiger charge is 2.34. The van der Waals surface area contributed by atoms with Crippen molar-refractivity contribution in [1.29, 1.82) is 0 Å². The topological polar surface area (TPSA) is 40.5 Å². The van der Waals surface area contributed by atoms with E-state index in [1.165, 1.54) is 68.1 Å². The Morgan fingerprint density at radius 2 is 1.40 bits per heavy atom. The summed E-state index contributed by atoms with van der Waals surface area (Å²) in [6, 6.07) is 0. The summed E-state index contributed by atoms with van der Waals surface area (Å²) < 4.78 is 0. The second kappa shape index (κ2) is 17.2. The molecule has 0 saturated heterocycles. The molecule has 42 heavy (non-hydrogen) atoms. The summed E-state index contributed by atoms with van der Waals surface area (Å²) in [5, 5.41) is 20.2. The molecule has 2 heteroatoms. The third-order valence-corrected chi connectivity index (χ3v) is 10.2. The van der Waals surface area contributed by atoms with Crippen molar-refractivity contribution in [3.63, 3.8) is 0 Å². The standard InChI is InChI=1S/C40H68O2/c1-29(17-13-19-31(3)21-23-37-33(5)25-35(41)27-39(37,7)8)15-11-12-16-30(2)18-14-20-32(4)22-24-38-34(6)26-36(42)28-40(38,9)10/h11,15,21-24,26,29-32,35-36,38,41-42H,12-14,16-20,25,27-28H2,1-10H3/b15-11+,23-21+,24-22+/t29?,30?,31?,32?,35-,36-,38-/m0/s1.